The molecule has 3 heterocycles. The van der Waals surface area contributed by atoms with Gasteiger partial charge in [-0.25, -0.2) is 0 Å². The predicted molar refractivity (Wildman–Crippen MR) is 63.9 cm³/mol. The molecule has 0 spiro atoms. The van der Waals surface area contributed by atoms with Gasteiger partial charge in [0.05, 0.1) is 0 Å². The zero-order valence-electron chi connectivity index (χ0n) is 8.21. The van der Waals surface area contributed by atoms with Gasteiger partial charge in [-0.15, -0.1) is 10.2 Å². The van der Waals surface area contributed by atoms with E-state index in [0.717, 1.165) is 21.5 Å². The van der Waals surface area contributed by atoms with Gasteiger partial charge in [-0.3, -0.25) is 9.38 Å². The molecule has 0 atom stereocenters. The third kappa shape index (κ3) is 1.49. The number of nitrogens with zero attached hydrogens (tertiary/aromatic N) is 4. The Balaban J connectivity index is 2.29. The van der Waals surface area contributed by atoms with Crippen LogP contribution in [0.3, 0.4) is 0 Å². The van der Waals surface area contributed by atoms with Gasteiger partial charge in [0.15, 0.2) is 11.5 Å². The zero-order chi connectivity index (χ0) is 11.0. The van der Waals surface area contributed by atoms with Gasteiger partial charge in [0.2, 0.25) is 0 Å². The van der Waals surface area contributed by atoms with Crippen LogP contribution < -0.4 is 0 Å². The molecule has 0 aliphatic carbocycles. The fraction of sp³-hybridized carbons (Fsp3) is 0. The highest BCUT2D eigenvalue weighted by atomic mass is 79.9. The summed E-state index contributed by atoms with van der Waals surface area (Å²) in [5.41, 5.74) is 1.77. The highest BCUT2D eigenvalue weighted by molar-refractivity contribution is 9.10. The van der Waals surface area contributed by atoms with Crippen molar-refractivity contribution in [2.75, 3.05) is 0 Å². The average molecular weight is 275 g/mol. The molecule has 16 heavy (non-hydrogen) atoms. The summed E-state index contributed by atoms with van der Waals surface area (Å²) in [6.45, 7) is 0. The first kappa shape index (κ1) is 9.47. The number of pyridine rings is 2. The Morgan fingerprint density at radius 2 is 2.06 bits per heavy atom. The molecule has 0 unspecified atom stereocenters. The van der Waals surface area contributed by atoms with Gasteiger partial charge >= 0.3 is 0 Å². The standard InChI is InChI=1S/C11H7BrN4/c12-9-3-4-10-14-15-11(16(10)7-9)8-2-1-5-13-6-8/h1-7H. The Kier molecular flexibility index (Phi) is 2.18. The molecule has 0 radical (unpaired) electrons. The smallest absolute Gasteiger partial charge is 0.169 e. The lowest BCUT2D eigenvalue weighted by Crippen LogP contribution is -1.89. The minimum Gasteiger partial charge on any atom is -0.281 e. The summed E-state index contributed by atoms with van der Waals surface area (Å²) in [5.74, 6) is 0.796. The second kappa shape index (κ2) is 3.68. The highest BCUT2D eigenvalue weighted by Crippen LogP contribution is 2.19. The summed E-state index contributed by atoms with van der Waals surface area (Å²) < 4.78 is 2.92. The van der Waals surface area contributed by atoms with Gasteiger partial charge < -0.3 is 0 Å². The van der Waals surface area contributed by atoms with Crippen LogP contribution in [0.1, 0.15) is 0 Å². The topological polar surface area (TPSA) is 43.1 Å². The summed E-state index contributed by atoms with van der Waals surface area (Å²) in [7, 11) is 0. The number of fused-ring (bicyclic) bond motifs is 1. The van der Waals surface area contributed by atoms with E-state index < -0.39 is 0 Å². The third-order valence-electron chi connectivity index (χ3n) is 2.29. The lowest BCUT2D eigenvalue weighted by Gasteiger charge is -1.99. The highest BCUT2D eigenvalue weighted by Gasteiger charge is 2.07. The fourth-order valence-corrected chi connectivity index (χ4v) is 1.89. The number of aromatic nitrogens is 4. The van der Waals surface area contributed by atoms with E-state index in [1.54, 1.807) is 12.4 Å². The minimum absolute atomic E-state index is 0.796. The Bertz CT molecular complexity index is 633. The first-order valence-corrected chi connectivity index (χ1v) is 5.54. The summed E-state index contributed by atoms with van der Waals surface area (Å²) in [6.07, 6.45) is 5.46. The van der Waals surface area contributed by atoms with E-state index >= 15 is 0 Å². The van der Waals surface area contributed by atoms with Crippen molar-refractivity contribution in [1.29, 1.82) is 0 Å². The van der Waals surface area contributed by atoms with Crippen LogP contribution in [0.2, 0.25) is 0 Å². The number of rotatable bonds is 1. The zero-order valence-corrected chi connectivity index (χ0v) is 9.79. The molecular formula is C11H7BrN4. The van der Waals surface area contributed by atoms with Crippen LogP contribution in [0, 0.1) is 0 Å². The van der Waals surface area contributed by atoms with Crippen LogP contribution in [0.15, 0.2) is 47.3 Å². The molecule has 5 heteroatoms. The molecule has 0 aliphatic rings. The lowest BCUT2D eigenvalue weighted by atomic mass is 10.3. The third-order valence-corrected chi connectivity index (χ3v) is 2.76. The van der Waals surface area contributed by atoms with Crippen molar-refractivity contribution in [2.45, 2.75) is 0 Å². The maximum Gasteiger partial charge on any atom is 0.169 e. The van der Waals surface area contributed by atoms with Crippen LogP contribution in [0.25, 0.3) is 17.0 Å². The van der Waals surface area contributed by atoms with Gasteiger partial charge in [0.25, 0.3) is 0 Å². The molecule has 0 saturated carbocycles. The van der Waals surface area contributed by atoms with Gasteiger partial charge in [-0.1, -0.05) is 0 Å². The van der Waals surface area contributed by atoms with Crippen molar-refractivity contribution in [1.82, 2.24) is 19.6 Å². The maximum absolute atomic E-state index is 4.16. The molecule has 3 aromatic rings. The normalized spacial score (nSPS) is 10.8. The van der Waals surface area contributed by atoms with E-state index in [1.165, 1.54) is 0 Å². The van der Waals surface area contributed by atoms with Crippen molar-refractivity contribution >= 4 is 21.6 Å². The largest absolute Gasteiger partial charge is 0.281 e. The van der Waals surface area contributed by atoms with E-state index in [4.69, 9.17) is 0 Å². The van der Waals surface area contributed by atoms with E-state index in [-0.39, 0.29) is 0 Å². The molecule has 0 aliphatic heterocycles. The Morgan fingerprint density at radius 3 is 2.88 bits per heavy atom. The van der Waals surface area contributed by atoms with Crippen LogP contribution in [-0.2, 0) is 0 Å². The Labute approximate surface area is 100 Å². The van der Waals surface area contributed by atoms with Crippen molar-refractivity contribution < 1.29 is 0 Å². The second-order valence-electron chi connectivity index (χ2n) is 3.34. The van der Waals surface area contributed by atoms with Gasteiger partial charge in [0, 0.05) is 28.6 Å². The first-order chi connectivity index (χ1) is 7.84. The van der Waals surface area contributed by atoms with Crippen LogP contribution >= 0.6 is 15.9 Å². The second-order valence-corrected chi connectivity index (χ2v) is 4.26. The quantitative estimate of drug-likeness (QED) is 0.685. The molecule has 4 nitrogen and oxygen atoms in total. The number of halogens is 1. The molecule has 0 saturated heterocycles. The number of hydrogen-bond acceptors (Lipinski definition) is 3. The fourth-order valence-electron chi connectivity index (χ4n) is 1.56. The van der Waals surface area contributed by atoms with Gasteiger partial charge in [-0.2, -0.15) is 0 Å². The van der Waals surface area contributed by atoms with E-state index in [9.17, 15) is 0 Å². The molecular weight excluding hydrogens is 268 g/mol. The Morgan fingerprint density at radius 1 is 1.12 bits per heavy atom. The minimum atomic E-state index is 0.796. The van der Waals surface area contributed by atoms with Crippen LogP contribution in [0.4, 0.5) is 0 Å². The summed E-state index contributed by atoms with van der Waals surface area (Å²) in [6, 6.07) is 7.70. The van der Waals surface area contributed by atoms with Crippen molar-refractivity contribution in [2.24, 2.45) is 0 Å². The molecule has 0 aromatic carbocycles. The molecule has 3 aromatic heterocycles. The summed E-state index contributed by atoms with van der Waals surface area (Å²) in [5, 5.41) is 8.26. The summed E-state index contributed by atoms with van der Waals surface area (Å²) >= 11 is 3.43. The van der Waals surface area contributed by atoms with Crippen molar-refractivity contribution in [3.63, 3.8) is 0 Å². The molecule has 0 bridgehead atoms. The monoisotopic (exact) mass is 274 g/mol. The number of hydrogen-bond donors (Lipinski definition) is 0. The molecule has 0 N–H and O–H groups in total. The van der Waals surface area contributed by atoms with E-state index in [0.29, 0.717) is 0 Å². The molecule has 78 valence electrons. The average Bonchev–Trinajstić information content (AvgIpc) is 2.73. The maximum atomic E-state index is 4.16. The van der Waals surface area contributed by atoms with Crippen molar-refractivity contribution in [3.05, 3.63) is 47.3 Å². The van der Waals surface area contributed by atoms with Crippen molar-refractivity contribution in [3.8, 4) is 11.4 Å². The van der Waals surface area contributed by atoms with E-state index in [1.807, 2.05) is 34.9 Å². The van der Waals surface area contributed by atoms with Crippen LogP contribution in [-0.4, -0.2) is 19.6 Å². The SMILES string of the molecule is Brc1ccc2nnc(-c3cccnc3)n2c1. The predicted octanol–water partition coefficient (Wildman–Crippen LogP) is 2.55. The van der Waals surface area contributed by atoms with Gasteiger partial charge in [0.1, 0.15) is 0 Å². The van der Waals surface area contributed by atoms with Gasteiger partial charge in [-0.05, 0) is 40.2 Å². The molecule has 0 amide bonds. The first-order valence-electron chi connectivity index (χ1n) is 4.75. The van der Waals surface area contributed by atoms with E-state index in [2.05, 4.69) is 31.1 Å². The lowest BCUT2D eigenvalue weighted by molar-refractivity contribution is 1.10. The molecule has 0 fully saturated rings. The molecule has 3 rings (SSSR count). The summed E-state index contributed by atoms with van der Waals surface area (Å²) in [4.78, 5) is 4.08. The Hall–Kier alpha value is -1.75. The van der Waals surface area contributed by atoms with Crippen LogP contribution in [0.5, 0.6) is 0 Å².